The molecule has 0 aliphatic heterocycles. The molecule has 2 rings (SSSR count). The zero-order valence-corrected chi connectivity index (χ0v) is 13.2. The van der Waals surface area contributed by atoms with Crippen LogP contribution in [0.4, 0.5) is 8.78 Å². The van der Waals surface area contributed by atoms with Crippen LogP contribution in [0.25, 0.3) is 0 Å². The summed E-state index contributed by atoms with van der Waals surface area (Å²) in [5.74, 6) is -1.69. The van der Waals surface area contributed by atoms with Gasteiger partial charge in [0, 0.05) is 12.5 Å². The SMILES string of the molecule is O=C(O)C1CCCC(C(=O)NCCc2ccccc2OC(F)F)C1. The molecule has 1 aliphatic carbocycles. The van der Waals surface area contributed by atoms with Crippen molar-refractivity contribution in [3.63, 3.8) is 0 Å². The van der Waals surface area contributed by atoms with Gasteiger partial charge in [-0.05, 0) is 37.3 Å². The van der Waals surface area contributed by atoms with E-state index in [1.54, 1.807) is 18.2 Å². The van der Waals surface area contributed by atoms with Crippen molar-refractivity contribution in [1.82, 2.24) is 5.32 Å². The molecule has 0 bridgehead atoms. The minimum Gasteiger partial charge on any atom is -0.481 e. The number of hydrogen-bond acceptors (Lipinski definition) is 3. The number of carbonyl (C=O) groups is 2. The number of carboxylic acids is 1. The highest BCUT2D eigenvalue weighted by Gasteiger charge is 2.30. The third kappa shape index (κ3) is 5.18. The van der Waals surface area contributed by atoms with E-state index in [-0.39, 0.29) is 24.1 Å². The summed E-state index contributed by atoms with van der Waals surface area (Å²) in [6.45, 7) is -2.60. The third-order valence-corrected chi connectivity index (χ3v) is 4.28. The third-order valence-electron chi connectivity index (χ3n) is 4.28. The van der Waals surface area contributed by atoms with E-state index in [1.165, 1.54) is 6.07 Å². The van der Waals surface area contributed by atoms with Gasteiger partial charge in [0.05, 0.1) is 5.92 Å². The normalized spacial score (nSPS) is 20.6. The number of benzene rings is 1. The monoisotopic (exact) mass is 341 g/mol. The Morgan fingerprint density at radius 3 is 2.67 bits per heavy atom. The highest BCUT2D eigenvalue weighted by molar-refractivity contribution is 5.80. The second-order valence-electron chi connectivity index (χ2n) is 5.93. The second-order valence-corrected chi connectivity index (χ2v) is 5.93. The van der Waals surface area contributed by atoms with Gasteiger partial charge < -0.3 is 15.2 Å². The number of aliphatic carboxylic acids is 1. The fraction of sp³-hybridized carbons (Fsp3) is 0.529. The van der Waals surface area contributed by atoms with Gasteiger partial charge in [0.15, 0.2) is 0 Å². The molecule has 5 nitrogen and oxygen atoms in total. The number of carboxylic acid groups (broad SMARTS) is 1. The van der Waals surface area contributed by atoms with Crippen LogP contribution >= 0.6 is 0 Å². The molecule has 1 fully saturated rings. The lowest BCUT2D eigenvalue weighted by Crippen LogP contribution is -2.36. The number of nitrogens with one attached hydrogen (secondary N) is 1. The number of hydrogen-bond donors (Lipinski definition) is 2. The molecule has 2 unspecified atom stereocenters. The van der Waals surface area contributed by atoms with E-state index in [0.717, 1.165) is 6.42 Å². The maximum Gasteiger partial charge on any atom is 0.387 e. The topological polar surface area (TPSA) is 75.6 Å². The molecule has 24 heavy (non-hydrogen) atoms. The van der Waals surface area contributed by atoms with E-state index < -0.39 is 18.5 Å². The van der Waals surface area contributed by atoms with Crippen LogP contribution in [0, 0.1) is 11.8 Å². The van der Waals surface area contributed by atoms with Crippen molar-refractivity contribution < 1.29 is 28.2 Å². The lowest BCUT2D eigenvalue weighted by Gasteiger charge is -2.25. The summed E-state index contributed by atoms with van der Waals surface area (Å²) in [6.07, 6.45) is 2.73. The summed E-state index contributed by atoms with van der Waals surface area (Å²) in [5, 5.41) is 11.8. The van der Waals surface area contributed by atoms with Crippen LogP contribution in [-0.2, 0) is 16.0 Å². The fourth-order valence-electron chi connectivity index (χ4n) is 3.04. The highest BCUT2D eigenvalue weighted by atomic mass is 19.3. The average molecular weight is 341 g/mol. The van der Waals surface area contributed by atoms with Gasteiger partial charge >= 0.3 is 12.6 Å². The highest BCUT2D eigenvalue weighted by Crippen LogP contribution is 2.29. The minimum absolute atomic E-state index is 0.102. The van der Waals surface area contributed by atoms with E-state index in [0.29, 0.717) is 31.2 Å². The van der Waals surface area contributed by atoms with E-state index in [1.807, 2.05) is 0 Å². The predicted molar refractivity (Wildman–Crippen MR) is 82.9 cm³/mol. The van der Waals surface area contributed by atoms with Gasteiger partial charge in [0.1, 0.15) is 5.75 Å². The molecule has 0 saturated heterocycles. The van der Waals surface area contributed by atoms with Crippen LogP contribution in [0.5, 0.6) is 5.75 Å². The Labute approximate surface area is 139 Å². The van der Waals surface area contributed by atoms with Crippen molar-refractivity contribution in [2.45, 2.75) is 38.7 Å². The molecule has 1 amide bonds. The zero-order valence-electron chi connectivity index (χ0n) is 13.2. The average Bonchev–Trinajstić information content (AvgIpc) is 2.56. The Morgan fingerprint density at radius 2 is 1.96 bits per heavy atom. The Balaban J connectivity index is 1.83. The van der Waals surface area contributed by atoms with Crippen molar-refractivity contribution in [1.29, 1.82) is 0 Å². The Kier molecular flexibility index (Phi) is 6.52. The van der Waals surface area contributed by atoms with Crippen molar-refractivity contribution in [2.24, 2.45) is 11.8 Å². The summed E-state index contributed by atoms with van der Waals surface area (Å²) in [4.78, 5) is 23.2. The maximum atomic E-state index is 12.4. The lowest BCUT2D eigenvalue weighted by atomic mass is 9.81. The molecule has 1 saturated carbocycles. The molecule has 1 aliphatic rings. The summed E-state index contributed by atoms with van der Waals surface area (Å²) in [5.41, 5.74) is 0.588. The number of amides is 1. The van der Waals surface area contributed by atoms with Crippen LogP contribution in [0.3, 0.4) is 0 Å². The first-order valence-electron chi connectivity index (χ1n) is 8.00. The molecule has 0 aromatic heterocycles. The molecule has 2 N–H and O–H groups in total. The second kappa shape index (κ2) is 8.61. The summed E-state index contributed by atoms with van der Waals surface area (Å²) >= 11 is 0. The molecule has 0 heterocycles. The molecule has 0 radical (unpaired) electrons. The molecule has 1 aromatic rings. The van der Waals surface area contributed by atoms with E-state index in [4.69, 9.17) is 5.11 Å². The first-order chi connectivity index (χ1) is 11.5. The van der Waals surface area contributed by atoms with Gasteiger partial charge in [0.2, 0.25) is 5.91 Å². The molecular weight excluding hydrogens is 320 g/mol. The molecular formula is C17H21F2NO4. The number of carbonyl (C=O) groups excluding carboxylic acids is 1. The smallest absolute Gasteiger partial charge is 0.387 e. The van der Waals surface area contributed by atoms with Crippen LogP contribution < -0.4 is 10.1 Å². The van der Waals surface area contributed by atoms with Gasteiger partial charge in [-0.2, -0.15) is 8.78 Å². The Bertz CT molecular complexity index is 579. The predicted octanol–water partition coefficient (Wildman–Crippen LogP) is 2.84. The number of rotatable bonds is 7. The zero-order chi connectivity index (χ0) is 17.5. The largest absolute Gasteiger partial charge is 0.481 e. The van der Waals surface area contributed by atoms with Gasteiger partial charge in [-0.15, -0.1) is 0 Å². The Hall–Kier alpha value is -2.18. The van der Waals surface area contributed by atoms with E-state index >= 15 is 0 Å². The van der Waals surface area contributed by atoms with Crippen molar-refractivity contribution in [3.05, 3.63) is 29.8 Å². The van der Waals surface area contributed by atoms with Crippen LogP contribution in [0.1, 0.15) is 31.2 Å². The van der Waals surface area contributed by atoms with E-state index in [9.17, 15) is 18.4 Å². The summed E-state index contributed by atoms with van der Waals surface area (Å²) in [6, 6.07) is 6.45. The quantitative estimate of drug-likeness (QED) is 0.800. The van der Waals surface area contributed by atoms with Crippen molar-refractivity contribution >= 4 is 11.9 Å². The maximum absolute atomic E-state index is 12.4. The first kappa shape index (κ1) is 18.2. The molecule has 0 spiro atoms. The number of ether oxygens (including phenoxy) is 1. The van der Waals surface area contributed by atoms with Crippen molar-refractivity contribution in [3.8, 4) is 5.75 Å². The van der Waals surface area contributed by atoms with Gasteiger partial charge in [-0.1, -0.05) is 24.6 Å². The molecule has 7 heteroatoms. The summed E-state index contributed by atoms with van der Waals surface area (Å²) in [7, 11) is 0. The van der Waals surface area contributed by atoms with Crippen LogP contribution in [0.15, 0.2) is 24.3 Å². The molecule has 1 aromatic carbocycles. The fourth-order valence-corrected chi connectivity index (χ4v) is 3.04. The van der Waals surface area contributed by atoms with Crippen molar-refractivity contribution in [2.75, 3.05) is 6.54 Å². The number of para-hydroxylation sites is 1. The number of alkyl halides is 2. The summed E-state index contributed by atoms with van der Waals surface area (Å²) < 4.78 is 29.2. The molecule has 2 atom stereocenters. The van der Waals surface area contributed by atoms with Gasteiger partial charge in [-0.3, -0.25) is 9.59 Å². The standard InChI is InChI=1S/C17H21F2NO4/c18-17(19)24-14-7-2-1-4-11(14)8-9-20-15(21)12-5-3-6-13(10-12)16(22)23/h1-2,4,7,12-13,17H,3,5-6,8-10H2,(H,20,21)(H,22,23). The van der Waals surface area contributed by atoms with Gasteiger partial charge in [0.25, 0.3) is 0 Å². The Morgan fingerprint density at radius 1 is 1.25 bits per heavy atom. The minimum atomic E-state index is -2.89. The van der Waals surface area contributed by atoms with Crippen LogP contribution in [-0.4, -0.2) is 30.1 Å². The molecule has 132 valence electrons. The van der Waals surface area contributed by atoms with Gasteiger partial charge in [-0.25, -0.2) is 0 Å². The van der Waals surface area contributed by atoms with Crippen LogP contribution in [0.2, 0.25) is 0 Å². The lowest BCUT2D eigenvalue weighted by molar-refractivity contribution is -0.144. The first-order valence-corrected chi connectivity index (χ1v) is 8.00. The number of halogens is 2. The van der Waals surface area contributed by atoms with E-state index in [2.05, 4.69) is 10.1 Å².